The molecule has 160 valence electrons. The molecule has 1 atom stereocenters. The van der Waals surface area contributed by atoms with E-state index in [-0.39, 0.29) is 18.0 Å². The van der Waals surface area contributed by atoms with E-state index < -0.39 is 29.3 Å². The van der Waals surface area contributed by atoms with Crippen molar-refractivity contribution in [1.82, 2.24) is 15.2 Å². The smallest absolute Gasteiger partial charge is 0.420 e. The van der Waals surface area contributed by atoms with Crippen LogP contribution in [0.4, 0.5) is 18.0 Å². The van der Waals surface area contributed by atoms with Crippen molar-refractivity contribution >= 4 is 17.8 Å². The number of amidine groups is 1. The number of hydrogen-bond acceptors (Lipinski definition) is 5. The molecule has 1 fully saturated rings. The van der Waals surface area contributed by atoms with Crippen LogP contribution in [0.5, 0.6) is 0 Å². The Bertz CT molecular complexity index is 929. The first kappa shape index (κ1) is 20.2. The number of urea groups is 1. The Morgan fingerprint density at radius 3 is 2.63 bits per heavy atom. The summed E-state index contributed by atoms with van der Waals surface area (Å²) in [6.45, 7) is 1.77. The molecule has 30 heavy (non-hydrogen) atoms. The van der Waals surface area contributed by atoms with E-state index in [0.717, 1.165) is 17.9 Å². The number of nitrogens with one attached hydrogen (secondary N) is 1. The van der Waals surface area contributed by atoms with Crippen LogP contribution in [-0.4, -0.2) is 47.1 Å². The number of ether oxygens (including phenoxy) is 1. The van der Waals surface area contributed by atoms with Gasteiger partial charge in [-0.2, -0.15) is 18.2 Å². The quantitative estimate of drug-likeness (QED) is 0.758. The molecule has 0 aromatic heterocycles. The van der Waals surface area contributed by atoms with Crippen LogP contribution in [0.3, 0.4) is 0 Å². The number of hydrazone groups is 1. The summed E-state index contributed by atoms with van der Waals surface area (Å²) >= 11 is 0. The predicted molar refractivity (Wildman–Crippen MR) is 101 cm³/mol. The molecule has 3 aliphatic heterocycles. The zero-order valence-corrected chi connectivity index (χ0v) is 16.3. The molecule has 1 aromatic carbocycles. The normalized spacial score (nSPS) is 24.0. The van der Waals surface area contributed by atoms with Crippen molar-refractivity contribution in [3.8, 4) is 0 Å². The minimum Gasteiger partial charge on any atom is -0.462 e. The van der Waals surface area contributed by atoms with Crippen molar-refractivity contribution in [3.05, 3.63) is 47.3 Å². The van der Waals surface area contributed by atoms with Gasteiger partial charge in [0, 0.05) is 13.0 Å². The van der Waals surface area contributed by atoms with E-state index in [1.165, 1.54) is 31.2 Å². The molecule has 1 N–H and O–H groups in total. The molecule has 3 heterocycles. The van der Waals surface area contributed by atoms with Crippen molar-refractivity contribution in [1.29, 1.82) is 0 Å². The summed E-state index contributed by atoms with van der Waals surface area (Å²) in [6.07, 6.45) is -2.12. The summed E-state index contributed by atoms with van der Waals surface area (Å²) in [7, 11) is 0. The second kappa shape index (κ2) is 7.33. The van der Waals surface area contributed by atoms with E-state index in [1.807, 2.05) is 5.32 Å². The Kier molecular flexibility index (Phi) is 4.95. The van der Waals surface area contributed by atoms with Gasteiger partial charge in [0.25, 0.3) is 0 Å². The number of nitrogens with zero attached hydrogens (tertiary/aromatic N) is 3. The number of benzene rings is 1. The summed E-state index contributed by atoms with van der Waals surface area (Å²) in [6, 6.07) is 5.85. The molecule has 0 spiro atoms. The first-order valence-electron chi connectivity index (χ1n) is 9.82. The Labute approximate surface area is 171 Å². The predicted octanol–water partition coefficient (Wildman–Crippen LogP) is 3.45. The first-order chi connectivity index (χ1) is 14.3. The lowest BCUT2D eigenvalue weighted by atomic mass is 9.80. The molecule has 1 aromatic rings. The summed E-state index contributed by atoms with van der Waals surface area (Å²) in [5, 5.41) is 7.14. The molecule has 1 saturated heterocycles. The highest BCUT2D eigenvalue weighted by atomic mass is 19.4. The molecule has 0 saturated carbocycles. The molecular weight excluding hydrogens is 401 g/mol. The third-order valence-corrected chi connectivity index (χ3v) is 5.46. The largest absolute Gasteiger partial charge is 0.462 e. The van der Waals surface area contributed by atoms with E-state index in [2.05, 4.69) is 5.10 Å². The molecule has 4 rings (SSSR count). The fourth-order valence-electron chi connectivity index (χ4n) is 4.16. The van der Waals surface area contributed by atoms with Crippen molar-refractivity contribution in [2.75, 3.05) is 13.2 Å². The number of esters is 1. The van der Waals surface area contributed by atoms with E-state index >= 15 is 0 Å². The number of fused-ring (bicyclic) bond motifs is 3. The molecule has 7 nitrogen and oxygen atoms in total. The molecular formula is C20H21F3N4O3. The van der Waals surface area contributed by atoms with Gasteiger partial charge in [0.1, 0.15) is 11.4 Å². The summed E-state index contributed by atoms with van der Waals surface area (Å²) in [5.41, 5.74) is -4.01. The summed E-state index contributed by atoms with van der Waals surface area (Å²) < 4.78 is 49.3. The Morgan fingerprint density at radius 1 is 1.23 bits per heavy atom. The van der Waals surface area contributed by atoms with Crippen LogP contribution >= 0.6 is 0 Å². The van der Waals surface area contributed by atoms with Crippen molar-refractivity contribution < 1.29 is 27.5 Å². The van der Waals surface area contributed by atoms with Gasteiger partial charge in [0.05, 0.1) is 6.61 Å². The van der Waals surface area contributed by atoms with E-state index in [4.69, 9.17) is 4.74 Å². The molecule has 0 aliphatic carbocycles. The average Bonchev–Trinajstić information content (AvgIpc) is 2.90. The minimum absolute atomic E-state index is 0.111. The number of amides is 2. The average molecular weight is 422 g/mol. The van der Waals surface area contributed by atoms with Crippen molar-refractivity contribution in [3.63, 3.8) is 0 Å². The lowest BCUT2D eigenvalue weighted by Gasteiger charge is -2.43. The molecule has 1 unspecified atom stereocenters. The van der Waals surface area contributed by atoms with Crippen LogP contribution in [0.15, 0.2) is 46.8 Å². The highest BCUT2D eigenvalue weighted by Crippen LogP contribution is 2.50. The zero-order valence-electron chi connectivity index (χ0n) is 16.3. The van der Waals surface area contributed by atoms with Crippen LogP contribution in [0.2, 0.25) is 0 Å². The van der Waals surface area contributed by atoms with Gasteiger partial charge in [-0.25, -0.2) is 9.59 Å². The van der Waals surface area contributed by atoms with Gasteiger partial charge in [-0.05, 0) is 25.3 Å². The maximum Gasteiger partial charge on any atom is 0.420 e. The monoisotopic (exact) mass is 422 g/mol. The number of carbonyl (C=O) groups is 2. The molecule has 0 bridgehead atoms. The van der Waals surface area contributed by atoms with E-state index in [0.29, 0.717) is 25.2 Å². The number of alkyl halides is 3. The summed E-state index contributed by atoms with van der Waals surface area (Å²) in [4.78, 5) is 27.4. The van der Waals surface area contributed by atoms with E-state index in [9.17, 15) is 22.8 Å². The van der Waals surface area contributed by atoms with Gasteiger partial charge in [0.15, 0.2) is 11.4 Å². The Balaban J connectivity index is 2.03. The van der Waals surface area contributed by atoms with E-state index in [1.54, 1.807) is 11.0 Å². The second-order valence-electron chi connectivity index (χ2n) is 7.25. The van der Waals surface area contributed by atoms with Gasteiger partial charge in [0.2, 0.25) is 0 Å². The maximum atomic E-state index is 14.7. The zero-order chi connectivity index (χ0) is 21.5. The van der Waals surface area contributed by atoms with Crippen LogP contribution < -0.4 is 5.32 Å². The lowest BCUT2D eigenvalue weighted by Crippen LogP contribution is -2.65. The molecule has 2 amide bonds. The lowest BCUT2D eigenvalue weighted by molar-refractivity contribution is -0.192. The molecule has 0 radical (unpaired) electrons. The van der Waals surface area contributed by atoms with Crippen LogP contribution in [0, 0.1) is 0 Å². The fraction of sp³-hybridized carbons (Fsp3) is 0.450. The van der Waals surface area contributed by atoms with Gasteiger partial charge in [-0.1, -0.05) is 36.8 Å². The van der Waals surface area contributed by atoms with Gasteiger partial charge in [-0.15, -0.1) is 5.10 Å². The highest BCUT2D eigenvalue weighted by molar-refractivity contribution is 6.00. The highest BCUT2D eigenvalue weighted by Gasteiger charge is 2.67. The number of rotatable bonds is 3. The van der Waals surface area contributed by atoms with Crippen molar-refractivity contribution in [2.24, 2.45) is 5.10 Å². The summed E-state index contributed by atoms with van der Waals surface area (Å²) in [5.74, 6) is -0.833. The third-order valence-electron chi connectivity index (χ3n) is 5.46. The van der Waals surface area contributed by atoms with Crippen LogP contribution in [0.1, 0.15) is 38.2 Å². The topological polar surface area (TPSA) is 74.2 Å². The Morgan fingerprint density at radius 2 is 1.97 bits per heavy atom. The molecule has 3 aliphatic rings. The Hall–Kier alpha value is -3.04. The number of carbonyl (C=O) groups excluding carboxylic acids is 2. The van der Waals surface area contributed by atoms with Gasteiger partial charge >= 0.3 is 18.2 Å². The standard InChI is InChI=1S/C20H21F3N4O3/c1-2-30-17(28)15-16-26-12-8-4-7-11-14(26)25-27(16)18(29)24-19(15,20(21,22)23)13-9-5-3-6-10-13/h3,5-6,9-10H,2,4,7-8,11-12H2,1H3,(H,24,29). The maximum absolute atomic E-state index is 14.7. The number of hydrogen-bond donors (Lipinski definition) is 1. The minimum atomic E-state index is -5.01. The third kappa shape index (κ3) is 2.93. The first-order valence-corrected chi connectivity index (χ1v) is 9.82. The van der Waals surface area contributed by atoms with Gasteiger partial charge < -0.3 is 15.0 Å². The molecule has 10 heteroatoms. The van der Waals surface area contributed by atoms with Crippen molar-refractivity contribution in [2.45, 2.75) is 44.3 Å². The SMILES string of the molecule is CCOC(=O)C1=C2N3CCCCCC3=NN2C(=O)NC1(c1ccccc1)C(F)(F)F. The fourth-order valence-corrected chi connectivity index (χ4v) is 4.16. The van der Waals surface area contributed by atoms with Crippen LogP contribution in [-0.2, 0) is 15.1 Å². The second-order valence-corrected chi connectivity index (χ2v) is 7.25. The van der Waals surface area contributed by atoms with Gasteiger partial charge in [-0.3, -0.25) is 0 Å². The number of halogens is 3. The van der Waals surface area contributed by atoms with Crippen LogP contribution in [0.25, 0.3) is 0 Å².